The van der Waals surface area contributed by atoms with Crippen LogP contribution in [-0.4, -0.2) is 140 Å². The number of rotatable bonds is 7. The highest BCUT2D eigenvalue weighted by Crippen LogP contribution is 2.51. The van der Waals surface area contributed by atoms with Crippen LogP contribution in [0.5, 0.6) is 0 Å². The van der Waals surface area contributed by atoms with Crippen molar-refractivity contribution in [3.05, 3.63) is 0 Å². The van der Waals surface area contributed by atoms with Crippen LogP contribution in [0.15, 0.2) is 0 Å². The molecular formula is C15H24B3O11. The summed E-state index contributed by atoms with van der Waals surface area (Å²) in [7, 11) is 13.2. The van der Waals surface area contributed by atoms with Crippen LogP contribution < -0.4 is 0 Å². The van der Waals surface area contributed by atoms with E-state index in [1.165, 1.54) is 0 Å². The van der Waals surface area contributed by atoms with Crippen LogP contribution in [0.1, 0.15) is 0 Å². The van der Waals surface area contributed by atoms with Gasteiger partial charge in [0.2, 0.25) is 0 Å². The summed E-state index contributed by atoms with van der Waals surface area (Å²) in [4.78, 5) is 0. The SMILES string of the molecule is [B]C1[B]C1([B])CO[C@@H]1O[C@H](CO)[C@@H](O[C@H]2O[C@H](CO)[C@@H](O)[C@H](O)[C@H]2O)[C@H](O)[C@H]1O. The fraction of sp³-hybridized carbons (Fsp3) is 1.00. The fourth-order valence-electron chi connectivity index (χ4n) is 3.35. The maximum atomic E-state index is 10.5. The molecule has 5 radical (unpaired) electrons. The third-order valence-electron chi connectivity index (χ3n) is 5.46. The quantitative estimate of drug-likeness (QED) is 0.198. The lowest BCUT2D eigenvalue weighted by Crippen LogP contribution is -2.64. The van der Waals surface area contributed by atoms with E-state index in [9.17, 15) is 35.7 Å². The Bertz CT molecular complexity index is 558. The maximum Gasteiger partial charge on any atom is 0.187 e. The first-order valence-corrected chi connectivity index (χ1v) is 9.23. The van der Waals surface area contributed by atoms with Gasteiger partial charge < -0.3 is 54.7 Å². The van der Waals surface area contributed by atoms with E-state index in [1.807, 2.05) is 0 Å². The van der Waals surface area contributed by atoms with Gasteiger partial charge in [-0.1, -0.05) is 5.21 Å². The molecule has 159 valence electrons. The van der Waals surface area contributed by atoms with Crippen molar-refractivity contribution in [3.8, 4) is 0 Å². The molecule has 0 amide bonds. The van der Waals surface area contributed by atoms with Gasteiger partial charge in [-0.3, -0.25) is 0 Å². The molecule has 0 aliphatic carbocycles. The lowest BCUT2D eigenvalue weighted by Gasteiger charge is -2.46. The number of hydrogen-bond acceptors (Lipinski definition) is 11. The fourth-order valence-corrected chi connectivity index (χ4v) is 3.35. The number of ether oxygens (including phenoxy) is 4. The molecule has 3 rings (SSSR count). The summed E-state index contributed by atoms with van der Waals surface area (Å²) in [5.41, 5.74) is -0.371. The first-order chi connectivity index (χ1) is 13.6. The molecule has 12 atom stereocenters. The summed E-state index contributed by atoms with van der Waals surface area (Å²) in [6.07, 6.45) is -15.0. The zero-order chi connectivity index (χ0) is 21.5. The average Bonchev–Trinajstić information content (AvgIpc) is 3.31. The Balaban J connectivity index is 1.64. The second-order valence-corrected chi connectivity index (χ2v) is 7.62. The van der Waals surface area contributed by atoms with Crippen molar-refractivity contribution in [3.63, 3.8) is 0 Å². The molecule has 11 nitrogen and oxygen atoms in total. The van der Waals surface area contributed by atoms with Crippen molar-refractivity contribution in [1.29, 1.82) is 0 Å². The second-order valence-electron chi connectivity index (χ2n) is 7.62. The van der Waals surface area contributed by atoms with Crippen molar-refractivity contribution in [1.82, 2.24) is 0 Å². The van der Waals surface area contributed by atoms with Crippen LogP contribution in [0, 0.1) is 0 Å². The van der Waals surface area contributed by atoms with Gasteiger partial charge in [0, 0.05) is 6.61 Å². The highest BCUT2D eigenvalue weighted by Gasteiger charge is 2.52. The molecule has 3 aliphatic heterocycles. The third kappa shape index (κ3) is 4.67. The minimum absolute atomic E-state index is 0.0843. The first kappa shape index (κ1) is 23.4. The molecule has 0 aromatic heterocycles. The van der Waals surface area contributed by atoms with E-state index in [0.717, 1.165) is 0 Å². The molecule has 7 N–H and O–H groups in total. The van der Waals surface area contributed by atoms with Gasteiger partial charge in [-0.05, 0) is 0 Å². The van der Waals surface area contributed by atoms with E-state index in [-0.39, 0.29) is 12.3 Å². The van der Waals surface area contributed by atoms with Gasteiger partial charge in [0.05, 0.1) is 28.9 Å². The van der Waals surface area contributed by atoms with Crippen LogP contribution in [0.3, 0.4) is 0 Å². The van der Waals surface area contributed by atoms with Crippen LogP contribution >= 0.6 is 0 Å². The van der Waals surface area contributed by atoms with Gasteiger partial charge in [0.25, 0.3) is 0 Å². The van der Waals surface area contributed by atoms with E-state index in [2.05, 4.69) is 0 Å². The zero-order valence-electron chi connectivity index (χ0n) is 15.5. The van der Waals surface area contributed by atoms with Crippen molar-refractivity contribution in [2.24, 2.45) is 0 Å². The number of aliphatic hydroxyl groups is 7. The summed E-state index contributed by atoms with van der Waals surface area (Å²) in [5.74, 6) is 0. The Morgan fingerprint density at radius 3 is 1.93 bits per heavy atom. The summed E-state index contributed by atoms with van der Waals surface area (Å²) in [6, 6.07) is 0. The standard InChI is InChI=1S/C15H24B3O11/c16-14-15(17,18-14)3-26-12-10(25)8(23)11(5(2-20)28-12)29-13-9(24)7(22)6(21)4(1-19)27-13/h4-14,19-25H,1-3H2/t4-,5-,6-,7+,8-,9-,10-,11-,12-,13-,14?,15?/m1/s1. The molecule has 0 aromatic rings. The maximum absolute atomic E-state index is 10.5. The van der Waals surface area contributed by atoms with Crippen molar-refractivity contribution < 1.29 is 54.7 Å². The molecular weight excluding hydrogens is 389 g/mol. The minimum atomic E-state index is -1.73. The second kappa shape index (κ2) is 9.09. The summed E-state index contributed by atoms with van der Waals surface area (Å²) in [6.45, 7) is -1.40. The molecule has 29 heavy (non-hydrogen) atoms. The van der Waals surface area contributed by atoms with Gasteiger partial charge in [0.15, 0.2) is 12.6 Å². The normalized spacial score (nSPS) is 52.7. The average molecular weight is 413 g/mol. The summed E-state index contributed by atoms with van der Waals surface area (Å²) >= 11 is 0. The van der Waals surface area contributed by atoms with Crippen molar-refractivity contribution in [2.75, 3.05) is 19.8 Å². The Morgan fingerprint density at radius 1 is 0.828 bits per heavy atom. The van der Waals surface area contributed by atoms with Crippen LogP contribution in [0.25, 0.3) is 0 Å². The van der Waals surface area contributed by atoms with E-state index in [4.69, 9.17) is 34.6 Å². The predicted molar refractivity (Wildman–Crippen MR) is 96.1 cm³/mol. The molecule has 3 aliphatic rings. The molecule has 14 heteroatoms. The predicted octanol–water partition coefficient (Wildman–Crippen LogP) is -5.46. The van der Waals surface area contributed by atoms with Crippen LogP contribution in [0.4, 0.5) is 0 Å². The molecule has 0 spiro atoms. The minimum Gasteiger partial charge on any atom is -0.394 e. The van der Waals surface area contributed by atoms with Gasteiger partial charge in [0.1, 0.15) is 56.1 Å². The monoisotopic (exact) mass is 413 g/mol. The lowest BCUT2D eigenvalue weighted by atomic mass is 9.71. The van der Waals surface area contributed by atoms with Gasteiger partial charge in [-0.15, -0.1) is 5.72 Å². The molecule has 3 fully saturated rings. The largest absolute Gasteiger partial charge is 0.394 e. The van der Waals surface area contributed by atoms with E-state index >= 15 is 0 Å². The van der Waals surface area contributed by atoms with E-state index < -0.39 is 79.8 Å². The summed E-state index contributed by atoms with van der Waals surface area (Å²) < 4.78 is 21.5. The topological polar surface area (TPSA) is 179 Å². The third-order valence-corrected chi connectivity index (χ3v) is 5.46. The molecule has 3 saturated heterocycles. The molecule has 0 aromatic carbocycles. The highest BCUT2D eigenvalue weighted by molar-refractivity contribution is 6.77. The summed E-state index contributed by atoms with van der Waals surface area (Å²) in [5, 5.41) is 68.5. The van der Waals surface area contributed by atoms with Gasteiger partial charge >= 0.3 is 0 Å². The Morgan fingerprint density at radius 2 is 1.38 bits per heavy atom. The molecule has 0 saturated carbocycles. The van der Waals surface area contributed by atoms with E-state index in [1.54, 1.807) is 7.28 Å². The van der Waals surface area contributed by atoms with Crippen LogP contribution in [0.2, 0.25) is 10.9 Å². The number of hydrogen-bond donors (Lipinski definition) is 7. The van der Waals surface area contributed by atoms with Crippen molar-refractivity contribution >= 4 is 23.0 Å². The number of aliphatic hydroxyl groups excluding tert-OH is 7. The van der Waals surface area contributed by atoms with Crippen molar-refractivity contribution in [2.45, 2.75) is 72.3 Å². The molecule has 3 heterocycles. The zero-order valence-corrected chi connectivity index (χ0v) is 15.5. The Hall–Kier alpha value is -0.245. The molecule has 0 bridgehead atoms. The van der Waals surface area contributed by atoms with Gasteiger partial charge in [-0.2, -0.15) is 0 Å². The highest BCUT2D eigenvalue weighted by atomic mass is 16.7. The van der Waals surface area contributed by atoms with Gasteiger partial charge in [-0.25, -0.2) is 0 Å². The molecule has 2 unspecified atom stereocenters. The lowest BCUT2D eigenvalue weighted by molar-refractivity contribution is -0.359. The Labute approximate surface area is 170 Å². The first-order valence-electron chi connectivity index (χ1n) is 9.23. The van der Waals surface area contributed by atoms with Crippen LogP contribution in [-0.2, 0) is 18.9 Å². The Kier molecular flexibility index (Phi) is 7.34. The smallest absolute Gasteiger partial charge is 0.187 e. The van der Waals surface area contributed by atoms with E-state index in [0.29, 0.717) is 0 Å².